The lowest BCUT2D eigenvalue weighted by Gasteiger charge is -2.10. The van der Waals surface area contributed by atoms with E-state index in [1.165, 1.54) is 17.5 Å². The highest BCUT2D eigenvalue weighted by Crippen LogP contribution is 2.18. The zero-order valence-corrected chi connectivity index (χ0v) is 13.3. The summed E-state index contributed by atoms with van der Waals surface area (Å²) in [6.07, 6.45) is 3.38. The molecule has 0 fully saturated rings. The molecule has 18 heavy (non-hydrogen) atoms. The number of rotatable bonds is 5. The van der Waals surface area contributed by atoms with Crippen LogP contribution in [0.4, 0.5) is 0 Å². The number of aryl methyl sites for hydroxylation is 1. The van der Waals surface area contributed by atoms with Crippen molar-refractivity contribution in [3.8, 4) is 0 Å². The van der Waals surface area contributed by atoms with Crippen molar-refractivity contribution in [3.63, 3.8) is 0 Å². The smallest absolute Gasteiger partial charge is 0.0189 e. The molecule has 1 atom stereocenters. The number of hydrogen-bond donors (Lipinski definition) is 0. The van der Waals surface area contributed by atoms with Crippen LogP contribution in [0.2, 0.25) is 0 Å². The van der Waals surface area contributed by atoms with E-state index in [1.54, 1.807) is 0 Å². The fourth-order valence-electron chi connectivity index (χ4n) is 1.95. The van der Waals surface area contributed by atoms with Gasteiger partial charge in [0.05, 0.1) is 0 Å². The van der Waals surface area contributed by atoms with Gasteiger partial charge in [-0.05, 0) is 42.5 Å². The van der Waals surface area contributed by atoms with E-state index in [-0.39, 0.29) is 0 Å². The minimum atomic E-state index is 0.541. The molecule has 2 aromatic carbocycles. The summed E-state index contributed by atoms with van der Waals surface area (Å²) in [7, 11) is 0. The largest absolute Gasteiger partial charge is 0.0887 e. The maximum absolute atomic E-state index is 3.78. The maximum atomic E-state index is 3.78. The van der Waals surface area contributed by atoms with Gasteiger partial charge in [0.1, 0.15) is 0 Å². The Labute approximate surface area is 126 Å². The van der Waals surface area contributed by atoms with Gasteiger partial charge in [0, 0.05) is 9.30 Å². The SMILES string of the molecule is Brc1ccc(CC(Br)CCc2ccccc2)cc1. The molecule has 94 valence electrons. The predicted molar refractivity (Wildman–Crippen MR) is 85.3 cm³/mol. The molecule has 0 aliphatic heterocycles. The number of hydrogen-bond acceptors (Lipinski definition) is 0. The molecular formula is C16H16Br2. The van der Waals surface area contributed by atoms with E-state index in [2.05, 4.69) is 86.5 Å². The van der Waals surface area contributed by atoms with Gasteiger partial charge in [0.15, 0.2) is 0 Å². The normalized spacial score (nSPS) is 12.3. The molecule has 0 saturated carbocycles. The average molecular weight is 368 g/mol. The second kappa shape index (κ2) is 7.10. The van der Waals surface area contributed by atoms with Gasteiger partial charge in [-0.3, -0.25) is 0 Å². The molecule has 0 nitrogen and oxygen atoms in total. The zero-order chi connectivity index (χ0) is 12.8. The average Bonchev–Trinajstić information content (AvgIpc) is 2.40. The van der Waals surface area contributed by atoms with Crippen LogP contribution in [0.5, 0.6) is 0 Å². The third kappa shape index (κ3) is 4.58. The highest BCUT2D eigenvalue weighted by molar-refractivity contribution is 9.10. The van der Waals surface area contributed by atoms with Crippen molar-refractivity contribution in [2.75, 3.05) is 0 Å². The summed E-state index contributed by atoms with van der Waals surface area (Å²) in [6.45, 7) is 0. The maximum Gasteiger partial charge on any atom is 0.0189 e. The second-order valence-electron chi connectivity index (χ2n) is 4.45. The van der Waals surface area contributed by atoms with Crippen molar-refractivity contribution >= 4 is 31.9 Å². The van der Waals surface area contributed by atoms with E-state index in [9.17, 15) is 0 Å². The van der Waals surface area contributed by atoms with Gasteiger partial charge in [0.25, 0.3) is 0 Å². The minimum Gasteiger partial charge on any atom is -0.0887 e. The van der Waals surface area contributed by atoms with Crippen molar-refractivity contribution in [1.82, 2.24) is 0 Å². The Morgan fingerprint density at radius 1 is 0.833 bits per heavy atom. The van der Waals surface area contributed by atoms with Gasteiger partial charge in [-0.25, -0.2) is 0 Å². The van der Waals surface area contributed by atoms with E-state index in [0.29, 0.717) is 4.83 Å². The topological polar surface area (TPSA) is 0 Å². The predicted octanol–water partition coefficient (Wildman–Crippen LogP) is 5.39. The Kier molecular flexibility index (Phi) is 5.45. The molecule has 0 saturated heterocycles. The first-order valence-electron chi connectivity index (χ1n) is 6.16. The standard InChI is InChI=1S/C16H16Br2/c17-15-9-7-14(8-10-15)12-16(18)11-6-13-4-2-1-3-5-13/h1-5,7-10,16H,6,11-12H2. The van der Waals surface area contributed by atoms with Crippen LogP contribution >= 0.6 is 31.9 Å². The van der Waals surface area contributed by atoms with Gasteiger partial charge >= 0.3 is 0 Å². The lowest BCUT2D eigenvalue weighted by molar-refractivity contribution is 0.763. The van der Waals surface area contributed by atoms with Crippen LogP contribution in [0.15, 0.2) is 59.1 Å². The van der Waals surface area contributed by atoms with Crippen molar-refractivity contribution in [2.24, 2.45) is 0 Å². The molecule has 0 amide bonds. The summed E-state index contributed by atoms with van der Waals surface area (Å²) in [5, 5.41) is 0. The van der Waals surface area contributed by atoms with E-state index in [4.69, 9.17) is 0 Å². The number of benzene rings is 2. The molecule has 0 N–H and O–H groups in total. The molecular weight excluding hydrogens is 352 g/mol. The molecule has 2 heteroatoms. The summed E-state index contributed by atoms with van der Waals surface area (Å²) < 4.78 is 1.14. The van der Waals surface area contributed by atoms with Crippen LogP contribution in [0.25, 0.3) is 0 Å². The molecule has 0 heterocycles. The van der Waals surface area contributed by atoms with Crippen molar-refractivity contribution in [2.45, 2.75) is 24.1 Å². The zero-order valence-electron chi connectivity index (χ0n) is 10.2. The van der Waals surface area contributed by atoms with Gasteiger partial charge in [-0.1, -0.05) is 74.3 Å². The van der Waals surface area contributed by atoms with Crippen LogP contribution in [0.1, 0.15) is 17.5 Å². The quantitative estimate of drug-likeness (QED) is 0.621. The van der Waals surface area contributed by atoms with Crippen LogP contribution in [-0.2, 0) is 12.8 Å². The van der Waals surface area contributed by atoms with Gasteiger partial charge in [-0.2, -0.15) is 0 Å². The van der Waals surface area contributed by atoms with E-state index < -0.39 is 0 Å². The highest BCUT2D eigenvalue weighted by Gasteiger charge is 2.06. The highest BCUT2D eigenvalue weighted by atomic mass is 79.9. The molecule has 0 aliphatic carbocycles. The second-order valence-corrected chi connectivity index (χ2v) is 6.66. The lowest BCUT2D eigenvalue weighted by Crippen LogP contribution is -2.04. The summed E-state index contributed by atoms with van der Waals surface area (Å²) in [5.74, 6) is 0. The molecule has 0 bridgehead atoms. The molecule has 1 unspecified atom stereocenters. The van der Waals surface area contributed by atoms with Gasteiger partial charge in [0.2, 0.25) is 0 Å². The third-order valence-corrected chi connectivity index (χ3v) is 4.27. The van der Waals surface area contributed by atoms with Crippen molar-refractivity contribution < 1.29 is 0 Å². The third-order valence-electron chi connectivity index (χ3n) is 2.96. The van der Waals surface area contributed by atoms with E-state index in [1.807, 2.05) is 0 Å². The van der Waals surface area contributed by atoms with Gasteiger partial charge in [-0.15, -0.1) is 0 Å². The van der Waals surface area contributed by atoms with Crippen molar-refractivity contribution in [1.29, 1.82) is 0 Å². The first kappa shape index (κ1) is 13.8. The first-order chi connectivity index (χ1) is 8.74. The Hall–Kier alpha value is -0.600. The minimum absolute atomic E-state index is 0.541. The molecule has 0 radical (unpaired) electrons. The Bertz CT molecular complexity index is 462. The fourth-order valence-corrected chi connectivity index (χ4v) is 2.81. The Morgan fingerprint density at radius 2 is 1.50 bits per heavy atom. The van der Waals surface area contributed by atoms with Crippen LogP contribution in [-0.4, -0.2) is 4.83 Å². The summed E-state index contributed by atoms with van der Waals surface area (Å²) in [5.41, 5.74) is 2.80. The Morgan fingerprint density at radius 3 is 2.17 bits per heavy atom. The number of halogens is 2. The van der Waals surface area contributed by atoms with E-state index >= 15 is 0 Å². The first-order valence-corrected chi connectivity index (χ1v) is 7.87. The summed E-state index contributed by atoms with van der Waals surface area (Å²) in [6, 6.07) is 19.2. The lowest BCUT2D eigenvalue weighted by atomic mass is 10.0. The fraction of sp³-hybridized carbons (Fsp3) is 0.250. The van der Waals surface area contributed by atoms with Crippen LogP contribution < -0.4 is 0 Å². The molecule has 0 aromatic heterocycles. The van der Waals surface area contributed by atoms with Crippen LogP contribution in [0, 0.1) is 0 Å². The summed E-state index contributed by atoms with van der Waals surface area (Å²) >= 11 is 7.24. The Balaban J connectivity index is 1.82. The monoisotopic (exact) mass is 366 g/mol. The van der Waals surface area contributed by atoms with Crippen molar-refractivity contribution in [3.05, 3.63) is 70.2 Å². The van der Waals surface area contributed by atoms with Gasteiger partial charge < -0.3 is 0 Å². The molecule has 2 aromatic rings. The molecule has 0 aliphatic rings. The molecule has 0 spiro atoms. The van der Waals surface area contributed by atoms with Crippen LogP contribution in [0.3, 0.4) is 0 Å². The number of alkyl halides is 1. The van der Waals surface area contributed by atoms with E-state index in [0.717, 1.165) is 17.3 Å². The molecule has 2 rings (SSSR count). The summed E-state index contributed by atoms with van der Waals surface area (Å²) in [4.78, 5) is 0.541.